The summed E-state index contributed by atoms with van der Waals surface area (Å²) in [4.78, 5) is 11.7. The second-order valence-electron chi connectivity index (χ2n) is 3.50. The Labute approximate surface area is 112 Å². The summed E-state index contributed by atoms with van der Waals surface area (Å²) < 4.78 is 45.1. The Morgan fingerprint density at radius 2 is 2.10 bits per heavy atom. The first-order valence-corrected chi connectivity index (χ1v) is 5.43. The van der Waals surface area contributed by atoms with Crippen LogP contribution in [0.3, 0.4) is 0 Å². The predicted molar refractivity (Wildman–Crippen MR) is 59.7 cm³/mol. The van der Waals surface area contributed by atoms with E-state index >= 15 is 0 Å². The van der Waals surface area contributed by atoms with E-state index in [-0.39, 0.29) is 12.2 Å². The molecular weight excluding hydrogens is 279 g/mol. The third kappa shape index (κ3) is 3.61. The molecule has 0 bridgehead atoms. The molecule has 0 fully saturated rings. The number of aliphatic hydroxyl groups excluding tert-OH is 1. The van der Waals surface area contributed by atoms with Gasteiger partial charge < -0.3 is 14.6 Å². The zero-order valence-corrected chi connectivity index (χ0v) is 10.3. The summed E-state index contributed by atoms with van der Waals surface area (Å²) in [6, 6.07) is 3.50. The van der Waals surface area contributed by atoms with E-state index in [4.69, 9.17) is 10.4 Å². The zero-order valence-electron chi connectivity index (χ0n) is 10.3. The molecule has 0 aliphatic carbocycles. The summed E-state index contributed by atoms with van der Waals surface area (Å²) >= 11 is 0. The molecule has 1 aromatic carbocycles. The van der Waals surface area contributed by atoms with Crippen LogP contribution in [0.5, 0.6) is 5.75 Å². The number of carbonyl (C=O) groups excluding carboxylic acids is 1. The molecule has 5 nitrogen and oxygen atoms in total. The molecule has 108 valence electrons. The summed E-state index contributed by atoms with van der Waals surface area (Å²) in [5.74, 6) is -1.75. The summed E-state index contributed by atoms with van der Waals surface area (Å²) in [7, 11) is 0. The molecule has 0 spiro atoms. The van der Waals surface area contributed by atoms with Crippen molar-refractivity contribution in [1.82, 2.24) is 0 Å². The second-order valence-corrected chi connectivity index (χ2v) is 3.50. The number of nitriles is 1. The number of carbonyl (C=O) groups is 1. The molecule has 0 atom stereocenters. The number of rotatable bonds is 4. The molecule has 0 aliphatic rings. The number of hydrogen-bond acceptors (Lipinski definition) is 5. The molecule has 8 heteroatoms. The van der Waals surface area contributed by atoms with Crippen LogP contribution in [0, 0.1) is 11.3 Å². The number of alkyl halides is 3. The number of benzene rings is 1. The van der Waals surface area contributed by atoms with E-state index in [1.54, 1.807) is 6.07 Å². The third-order valence-electron chi connectivity index (χ3n) is 2.25. The molecule has 1 aromatic rings. The van der Waals surface area contributed by atoms with Gasteiger partial charge in [-0.05, 0) is 19.1 Å². The summed E-state index contributed by atoms with van der Waals surface area (Å²) in [6.07, 6.45) is -4.98. The van der Waals surface area contributed by atoms with Crippen molar-refractivity contribution in [2.24, 2.45) is 0 Å². The van der Waals surface area contributed by atoms with E-state index in [1.807, 2.05) is 0 Å². The maximum atomic E-state index is 12.2. The van der Waals surface area contributed by atoms with Crippen LogP contribution in [0.15, 0.2) is 12.1 Å². The van der Waals surface area contributed by atoms with Gasteiger partial charge in [-0.1, -0.05) is 0 Å². The second kappa shape index (κ2) is 6.25. The van der Waals surface area contributed by atoms with E-state index in [9.17, 15) is 18.0 Å². The molecule has 1 N–H and O–H groups in total. The quantitative estimate of drug-likeness (QED) is 0.859. The standard InChI is InChI=1S/C12H10F3NO4/c1-2-19-11(18)10-7(5-16)3-4-9(8(10)6-17)20-12(13,14)15/h3-4,17H,2,6H2,1H3. The number of aliphatic hydroxyl groups is 1. The molecule has 0 aromatic heterocycles. The van der Waals surface area contributed by atoms with E-state index in [1.165, 1.54) is 6.92 Å². The number of halogens is 3. The molecule has 20 heavy (non-hydrogen) atoms. The first-order valence-electron chi connectivity index (χ1n) is 5.43. The van der Waals surface area contributed by atoms with Gasteiger partial charge >= 0.3 is 12.3 Å². The Hall–Kier alpha value is -2.27. The van der Waals surface area contributed by atoms with Crippen LogP contribution in [0.1, 0.15) is 28.4 Å². The molecule has 0 heterocycles. The van der Waals surface area contributed by atoms with Gasteiger partial charge in [-0.15, -0.1) is 13.2 Å². The topological polar surface area (TPSA) is 79.6 Å². The molecule has 1 rings (SSSR count). The first-order chi connectivity index (χ1) is 9.34. The van der Waals surface area contributed by atoms with Gasteiger partial charge in [0.15, 0.2) is 0 Å². The SMILES string of the molecule is CCOC(=O)c1c(C#N)ccc(OC(F)(F)F)c1CO. The summed E-state index contributed by atoms with van der Waals surface area (Å²) in [5.41, 5.74) is -1.08. The summed E-state index contributed by atoms with van der Waals surface area (Å²) in [6.45, 7) is 0.562. The molecule has 0 unspecified atom stereocenters. The van der Waals surface area contributed by atoms with Gasteiger partial charge in [0.2, 0.25) is 0 Å². The largest absolute Gasteiger partial charge is 0.573 e. The van der Waals surface area contributed by atoms with Gasteiger partial charge in [0.25, 0.3) is 0 Å². The molecule has 0 aliphatic heterocycles. The summed E-state index contributed by atoms with van der Waals surface area (Å²) in [5, 5.41) is 18.0. The smallest absolute Gasteiger partial charge is 0.462 e. The molecule has 0 saturated heterocycles. The molecule has 0 saturated carbocycles. The van der Waals surface area contributed by atoms with Crippen molar-refractivity contribution in [1.29, 1.82) is 5.26 Å². The van der Waals surface area contributed by atoms with Crippen molar-refractivity contribution in [2.75, 3.05) is 6.61 Å². The minimum absolute atomic E-state index is 0.0288. The Kier molecular flexibility index (Phi) is 4.94. The van der Waals surface area contributed by atoms with E-state index in [0.29, 0.717) is 0 Å². The maximum Gasteiger partial charge on any atom is 0.573 e. The van der Waals surface area contributed by atoms with Crippen molar-refractivity contribution in [3.63, 3.8) is 0 Å². The van der Waals surface area contributed by atoms with Gasteiger partial charge in [0.05, 0.1) is 24.3 Å². The van der Waals surface area contributed by atoms with Crippen LogP contribution in [0.2, 0.25) is 0 Å². The highest BCUT2D eigenvalue weighted by atomic mass is 19.4. The van der Waals surface area contributed by atoms with Crippen molar-refractivity contribution < 1.29 is 32.5 Å². The van der Waals surface area contributed by atoms with Gasteiger partial charge in [0.1, 0.15) is 11.8 Å². The highest BCUT2D eigenvalue weighted by Crippen LogP contribution is 2.31. The van der Waals surface area contributed by atoms with E-state index < -0.39 is 35.8 Å². The Bertz CT molecular complexity index is 549. The minimum Gasteiger partial charge on any atom is -0.462 e. The number of ether oxygens (including phenoxy) is 2. The van der Waals surface area contributed by atoms with Crippen molar-refractivity contribution in [3.05, 3.63) is 28.8 Å². The maximum absolute atomic E-state index is 12.2. The fourth-order valence-electron chi connectivity index (χ4n) is 1.54. The lowest BCUT2D eigenvalue weighted by Gasteiger charge is -2.15. The van der Waals surface area contributed by atoms with Gasteiger partial charge in [0, 0.05) is 5.56 Å². The van der Waals surface area contributed by atoms with E-state index in [0.717, 1.165) is 12.1 Å². The van der Waals surface area contributed by atoms with Crippen LogP contribution < -0.4 is 4.74 Å². The van der Waals surface area contributed by atoms with Gasteiger partial charge in [-0.3, -0.25) is 0 Å². The average Bonchev–Trinajstić information content (AvgIpc) is 2.36. The normalized spacial score (nSPS) is 10.8. The first kappa shape index (κ1) is 15.8. The Morgan fingerprint density at radius 1 is 1.45 bits per heavy atom. The lowest BCUT2D eigenvalue weighted by atomic mass is 10.0. The molecule has 0 radical (unpaired) electrons. The fourth-order valence-corrected chi connectivity index (χ4v) is 1.54. The predicted octanol–water partition coefficient (Wildman–Crippen LogP) is 2.13. The van der Waals surface area contributed by atoms with Crippen molar-refractivity contribution in [2.45, 2.75) is 19.9 Å². The fraction of sp³-hybridized carbons (Fsp3) is 0.333. The van der Waals surface area contributed by atoms with Crippen molar-refractivity contribution in [3.8, 4) is 11.8 Å². The van der Waals surface area contributed by atoms with Crippen LogP contribution >= 0.6 is 0 Å². The number of esters is 1. The number of hydrogen-bond donors (Lipinski definition) is 1. The highest BCUT2D eigenvalue weighted by molar-refractivity contribution is 5.94. The van der Waals surface area contributed by atoms with Gasteiger partial charge in [-0.2, -0.15) is 5.26 Å². The Balaban J connectivity index is 3.41. The van der Waals surface area contributed by atoms with Crippen LogP contribution in [-0.2, 0) is 11.3 Å². The minimum atomic E-state index is -4.98. The Morgan fingerprint density at radius 3 is 2.55 bits per heavy atom. The molecule has 0 amide bonds. The lowest BCUT2D eigenvalue weighted by Crippen LogP contribution is -2.20. The third-order valence-corrected chi connectivity index (χ3v) is 2.25. The number of nitrogens with zero attached hydrogens (tertiary/aromatic N) is 1. The van der Waals surface area contributed by atoms with Crippen LogP contribution in [0.4, 0.5) is 13.2 Å². The van der Waals surface area contributed by atoms with Crippen molar-refractivity contribution >= 4 is 5.97 Å². The monoisotopic (exact) mass is 289 g/mol. The van der Waals surface area contributed by atoms with Crippen LogP contribution in [0.25, 0.3) is 0 Å². The average molecular weight is 289 g/mol. The highest BCUT2D eigenvalue weighted by Gasteiger charge is 2.33. The van der Waals surface area contributed by atoms with E-state index in [2.05, 4.69) is 9.47 Å². The van der Waals surface area contributed by atoms with Crippen LogP contribution in [-0.4, -0.2) is 24.0 Å². The van der Waals surface area contributed by atoms with Gasteiger partial charge in [-0.25, -0.2) is 4.79 Å². The molecular formula is C12H10F3NO4. The zero-order chi connectivity index (χ0) is 15.3. The lowest BCUT2D eigenvalue weighted by molar-refractivity contribution is -0.275.